The third-order valence-electron chi connectivity index (χ3n) is 18.7. The fourth-order valence-corrected chi connectivity index (χ4v) is 13.2. The van der Waals surface area contributed by atoms with Gasteiger partial charge in [-0.25, -0.2) is 29.1 Å². The van der Waals surface area contributed by atoms with Crippen molar-refractivity contribution in [3.8, 4) is 5.75 Å². The molecule has 3 heterocycles. The van der Waals surface area contributed by atoms with Gasteiger partial charge < -0.3 is 49.8 Å². The van der Waals surface area contributed by atoms with Crippen molar-refractivity contribution in [2.75, 3.05) is 46.2 Å². The lowest BCUT2D eigenvalue weighted by Gasteiger charge is -2.29. The fourth-order valence-electron chi connectivity index (χ4n) is 13.2. The lowest BCUT2D eigenvalue weighted by atomic mass is 9.95. The Morgan fingerprint density at radius 3 is 1.28 bits per heavy atom. The van der Waals surface area contributed by atoms with Crippen LogP contribution in [0.25, 0.3) is 0 Å². The maximum Gasteiger partial charge on any atom is 0.416 e. The topological polar surface area (TPSA) is 288 Å². The maximum atomic E-state index is 13.4. The van der Waals surface area contributed by atoms with E-state index in [4.69, 9.17) is 18.9 Å². The molecule has 6 aromatic rings. The number of nitrogens with zero attached hydrogens (tertiary/aromatic N) is 4. The standard InChI is InChI=1S/C33H36N2O6.C26H30N2O5.C23H30N2O5/c1-2-9-27(32(38)35-29(23-41-33(35)39)19-24-10-5-3-6-11-24)20-31(37)34-28(21-36)18-25-14-16-30(17-15-25)40-22-26-12-7-4-8-13-26;1-2-9-22(17-24(30)27(14-15-29)18-21-12-7-4-8-13-21)25(31)28-23(19-33-26(28)32)16-20-10-5-3-6-11-20;1-2-8-18(14-20(27)24-23(16-26)11-6-7-12-23)21(28)25-19(15-30-22(25)29)13-17-9-4-3-5-10-17/h2-8,10-17,27-29,36H,1,9,18-23H2,(H,34,37);2-8,10-13,22-23,29H,1,9,14-19H2;2-5,9-10,18-19,26H,1,6-8,11-16H2,(H,24,27)/t27-,28+,29+;22-,23+;18-,19+/m111/s1. The van der Waals surface area contributed by atoms with Gasteiger partial charge in [-0.05, 0) is 103 Å². The highest BCUT2D eigenvalue weighted by Crippen LogP contribution is 2.31. The number of cyclic esters (lactones) is 3. The van der Waals surface area contributed by atoms with E-state index in [9.17, 15) is 58.5 Å². The van der Waals surface area contributed by atoms with Gasteiger partial charge in [0, 0.05) is 32.4 Å². The third kappa shape index (κ3) is 23.5. The second kappa shape index (κ2) is 40.9. The molecule has 4 aliphatic rings. The van der Waals surface area contributed by atoms with Crippen molar-refractivity contribution in [1.29, 1.82) is 0 Å². The van der Waals surface area contributed by atoms with Crippen LogP contribution in [0.3, 0.4) is 0 Å². The number of benzene rings is 6. The Kier molecular flexibility index (Phi) is 31.1. The molecule has 9 amide bonds. The van der Waals surface area contributed by atoms with Gasteiger partial charge in [-0.15, -0.1) is 19.7 Å². The zero-order chi connectivity index (χ0) is 74.2. The Hall–Kier alpha value is -10.6. The summed E-state index contributed by atoms with van der Waals surface area (Å²) in [4.78, 5) is 121. The summed E-state index contributed by atoms with van der Waals surface area (Å²) in [6.07, 6.45) is 8.37. The van der Waals surface area contributed by atoms with Crippen molar-refractivity contribution >= 4 is 53.7 Å². The second-order valence-corrected chi connectivity index (χ2v) is 26.4. The molecule has 22 nitrogen and oxygen atoms in total. The number of allylic oxidation sites excluding steroid dienone is 3. The molecule has 4 fully saturated rings. The first-order valence-electron chi connectivity index (χ1n) is 35.4. The first-order valence-corrected chi connectivity index (χ1v) is 35.4. The predicted octanol–water partition coefficient (Wildman–Crippen LogP) is 10.2. The number of amides is 9. The van der Waals surface area contributed by atoms with Crippen LogP contribution in [0.4, 0.5) is 14.4 Å². The molecule has 3 aliphatic heterocycles. The Balaban J connectivity index is 0.000000200. The molecule has 22 heteroatoms. The molecule has 1 aliphatic carbocycles. The number of rotatable bonds is 34. The lowest BCUT2D eigenvalue weighted by molar-refractivity contribution is -0.140. The number of aliphatic hydroxyl groups excluding tert-OH is 3. The summed E-state index contributed by atoms with van der Waals surface area (Å²) in [5.41, 5.74) is 5.29. The Morgan fingerprint density at radius 1 is 0.510 bits per heavy atom. The summed E-state index contributed by atoms with van der Waals surface area (Å²) in [5, 5.41) is 34.9. The van der Waals surface area contributed by atoms with Crippen LogP contribution < -0.4 is 15.4 Å². The van der Waals surface area contributed by atoms with Crippen LogP contribution in [0.5, 0.6) is 5.75 Å². The Labute approximate surface area is 608 Å². The van der Waals surface area contributed by atoms with E-state index in [2.05, 4.69) is 30.4 Å². The fraction of sp³-hybridized carbons (Fsp3) is 0.378. The first kappa shape index (κ1) is 79.2. The third-order valence-corrected chi connectivity index (χ3v) is 18.7. The molecular formula is C82H96N6O16. The highest BCUT2D eigenvalue weighted by Gasteiger charge is 2.45. The minimum absolute atomic E-state index is 0.0611. The van der Waals surface area contributed by atoms with E-state index >= 15 is 0 Å². The molecule has 0 aromatic heterocycles. The van der Waals surface area contributed by atoms with E-state index in [0.29, 0.717) is 38.8 Å². The lowest BCUT2D eigenvalue weighted by Crippen LogP contribution is -2.50. The molecule has 3 saturated heterocycles. The highest BCUT2D eigenvalue weighted by molar-refractivity contribution is 5.98. The number of ether oxygens (including phenoxy) is 4. The molecule has 1 saturated carbocycles. The number of carbonyl (C=O) groups is 9. The van der Waals surface area contributed by atoms with Crippen LogP contribution in [-0.4, -0.2) is 165 Å². The number of nitrogens with one attached hydrogen (secondary N) is 2. The van der Waals surface area contributed by atoms with Gasteiger partial charge in [0.1, 0.15) is 32.2 Å². The summed E-state index contributed by atoms with van der Waals surface area (Å²) in [7, 11) is 0. The van der Waals surface area contributed by atoms with Crippen LogP contribution in [0.15, 0.2) is 214 Å². The van der Waals surface area contributed by atoms with E-state index in [-0.39, 0.29) is 102 Å². The summed E-state index contributed by atoms with van der Waals surface area (Å²) in [5.74, 6) is -3.77. The van der Waals surface area contributed by atoms with E-state index in [0.717, 1.165) is 79.5 Å². The Morgan fingerprint density at radius 2 is 0.894 bits per heavy atom. The van der Waals surface area contributed by atoms with Crippen molar-refractivity contribution in [2.45, 2.75) is 133 Å². The minimum Gasteiger partial charge on any atom is -0.489 e. The monoisotopic (exact) mass is 1420 g/mol. The maximum absolute atomic E-state index is 13.4. The summed E-state index contributed by atoms with van der Waals surface area (Å²) >= 11 is 0. The molecular weight excluding hydrogens is 1320 g/mol. The van der Waals surface area contributed by atoms with E-state index < -0.39 is 83.5 Å². The number of hydrogen-bond acceptors (Lipinski definition) is 16. The molecule has 5 N–H and O–H groups in total. The average molecular weight is 1420 g/mol. The van der Waals surface area contributed by atoms with Crippen LogP contribution in [0.2, 0.25) is 0 Å². The van der Waals surface area contributed by atoms with Gasteiger partial charge in [-0.2, -0.15) is 0 Å². The zero-order valence-corrected chi connectivity index (χ0v) is 58.8. The molecule has 6 aromatic carbocycles. The number of aliphatic hydroxyl groups is 3. The largest absolute Gasteiger partial charge is 0.489 e. The van der Waals surface area contributed by atoms with Crippen LogP contribution in [0, 0.1) is 17.8 Å². The molecule has 104 heavy (non-hydrogen) atoms. The second-order valence-electron chi connectivity index (χ2n) is 26.4. The van der Waals surface area contributed by atoms with Crippen molar-refractivity contribution in [3.05, 3.63) is 247 Å². The van der Waals surface area contributed by atoms with Crippen molar-refractivity contribution in [2.24, 2.45) is 17.8 Å². The quantitative estimate of drug-likeness (QED) is 0.0185. The van der Waals surface area contributed by atoms with E-state index in [1.165, 1.54) is 4.90 Å². The average Bonchev–Trinajstić information content (AvgIpc) is 1.94. The van der Waals surface area contributed by atoms with Crippen molar-refractivity contribution < 1.29 is 77.4 Å². The van der Waals surface area contributed by atoms with Crippen molar-refractivity contribution in [1.82, 2.24) is 30.2 Å². The molecule has 0 unspecified atom stereocenters. The van der Waals surface area contributed by atoms with Gasteiger partial charge in [-0.3, -0.25) is 28.8 Å². The SMILES string of the molecule is C=CC[C@H](CC(=O)N(CCO)Cc1ccccc1)C(=O)N1C(=O)OC[C@@H]1Cc1ccccc1.C=CC[C@H](CC(=O)NC1(CO)CCCC1)C(=O)N1C(=O)OC[C@@H]1Cc1ccccc1.C=CC[C@H](CC(=O)N[C@H](CO)Cc1ccc(OCc2ccccc2)cc1)C(=O)N1C(=O)OC[C@@H]1Cc1ccccc1. The highest BCUT2D eigenvalue weighted by atomic mass is 16.6. The van der Waals surface area contributed by atoms with Crippen LogP contribution in [0.1, 0.15) is 97.6 Å². The molecule has 0 spiro atoms. The molecule has 10 rings (SSSR count). The Bertz CT molecular complexity index is 3790. The number of imide groups is 3. The van der Waals surface area contributed by atoms with E-state index in [1.807, 2.05) is 176 Å². The molecule has 0 radical (unpaired) electrons. The van der Waals surface area contributed by atoms with E-state index in [1.54, 1.807) is 18.2 Å². The first-order chi connectivity index (χ1) is 50.5. The minimum atomic E-state index is -0.781. The summed E-state index contributed by atoms with van der Waals surface area (Å²) in [6, 6.07) is 53.8. The van der Waals surface area contributed by atoms with Gasteiger partial charge in [0.15, 0.2) is 0 Å². The van der Waals surface area contributed by atoms with Crippen LogP contribution in [-0.2, 0) is 81.8 Å². The van der Waals surface area contributed by atoms with Crippen molar-refractivity contribution in [3.63, 3.8) is 0 Å². The zero-order valence-electron chi connectivity index (χ0n) is 58.8. The van der Waals surface area contributed by atoms with Gasteiger partial charge >= 0.3 is 18.3 Å². The van der Waals surface area contributed by atoms with Crippen LogP contribution >= 0.6 is 0 Å². The number of hydrogen-bond donors (Lipinski definition) is 5. The smallest absolute Gasteiger partial charge is 0.416 e. The molecule has 0 bridgehead atoms. The van der Waals surface area contributed by atoms with Gasteiger partial charge in [0.2, 0.25) is 35.4 Å². The van der Waals surface area contributed by atoms with Gasteiger partial charge in [0.05, 0.1) is 67.3 Å². The molecule has 550 valence electrons. The predicted molar refractivity (Wildman–Crippen MR) is 390 cm³/mol. The van der Waals surface area contributed by atoms with Gasteiger partial charge in [-0.1, -0.05) is 195 Å². The van der Waals surface area contributed by atoms with Gasteiger partial charge in [0.25, 0.3) is 0 Å². The normalized spacial score (nSPS) is 17.5. The number of carbonyl (C=O) groups excluding carboxylic acids is 9. The summed E-state index contributed by atoms with van der Waals surface area (Å²) < 4.78 is 21.4. The summed E-state index contributed by atoms with van der Waals surface area (Å²) in [6.45, 7) is 11.9. The molecule has 7 atom stereocenters.